The van der Waals surface area contributed by atoms with Gasteiger partial charge in [-0.05, 0) is 0 Å². The van der Waals surface area contributed by atoms with Gasteiger partial charge < -0.3 is 4.74 Å². The number of nitrogens with zero attached hydrogens (tertiary/aromatic N) is 3. The lowest BCUT2D eigenvalue weighted by atomic mass is 10.2. The number of alkyl halides is 3. The van der Waals surface area contributed by atoms with E-state index in [2.05, 4.69) is 9.72 Å². The van der Waals surface area contributed by atoms with Gasteiger partial charge in [-0.25, -0.2) is 4.98 Å². The number of rotatable bonds is 2. The van der Waals surface area contributed by atoms with Crippen LogP contribution in [-0.2, 0) is 0 Å². The smallest absolute Gasteiger partial charge is 0.388 e. The summed E-state index contributed by atoms with van der Waals surface area (Å²) < 4.78 is 38.6. The first-order chi connectivity index (χ1) is 7.33. The molecule has 0 aliphatic rings. The summed E-state index contributed by atoms with van der Waals surface area (Å²) in [6.45, 7) is 0. The first kappa shape index (κ1) is 11.7. The fourth-order valence-electron chi connectivity index (χ4n) is 0.838. The maximum absolute atomic E-state index is 11.8. The molecule has 0 amide bonds. The van der Waals surface area contributed by atoms with Crippen LogP contribution in [0.3, 0.4) is 0 Å². The number of pyridine rings is 1. The van der Waals surface area contributed by atoms with Gasteiger partial charge in [-0.3, -0.25) is 10.1 Å². The Hall–Kier alpha value is -2.37. The highest BCUT2D eigenvalue weighted by Gasteiger charge is 2.32. The molecule has 0 spiro atoms. The van der Waals surface area contributed by atoms with E-state index in [0.29, 0.717) is 12.3 Å². The molecule has 84 valence electrons. The number of aromatic nitrogens is 1. The van der Waals surface area contributed by atoms with E-state index in [4.69, 9.17) is 5.26 Å². The SMILES string of the molecule is N#Cc1cnc(OC(F)(F)F)cc1[N+](=O)[O-]. The number of hydrogen-bond donors (Lipinski definition) is 0. The molecule has 0 aromatic carbocycles. The van der Waals surface area contributed by atoms with Crippen molar-refractivity contribution >= 4 is 5.69 Å². The second-order valence-electron chi connectivity index (χ2n) is 2.46. The monoisotopic (exact) mass is 233 g/mol. The van der Waals surface area contributed by atoms with E-state index in [1.54, 1.807) is 0 Å². The molecule has 0 radical (unpaired) electrons. The van der Waals surface area contributed by atoms with Crippen molar-refractivity contribution in [3.8, 4) is 11.9 Å². The van der Waals surface area contributed by atoms with Crippen LogP contribution in [0, 0.1) is 21.4 Å². The summed E-state index contributed by atoms with van der Waals surface area (Å²) in [5.74, 6) is -0.988. The summed E-state index contributed by atoms with van der Waals surface area (Å²) in [7, 11) is 0. The number of nitriles is 1. The third-order valence-electron chi connectivity index (χ3n) is 1.39. The second kappa shape index (κ2) is 4.01. The Morgan fingerprint density at radius 3 is 2.62 bits per heavy atom. The molecular formula is C7H2F3N3O3. The molecule has 0 aliphatic heterocycles. The molecule has 1 aromatic heterocycles. The van der Waals surface area contributed by atoms with Crippen molar-refractivity contribution in [1.29, 1.82) is 5.26 Å². The molecule has 0 bridgehead atoms. The summed E-state index contributed by atoms with van der Waals surface area (Å²) >= 11 is 0. The fourth-order valence-corrected chi connectivity index (χ4v) is 0.838. The van der Waals surface area contributed by atoms with Crippen LogP contribution in [0.1, 0.15) is 5.56 Å². The Morgan fingerprint density at radius 2 is 2.19 bits per heavy atom. The Labute approximate surface area is 86.0 Å². The highest BCUT2D eigenvalue weighted by Crippen LogP contribution is 2.26. The summed E-state index contributed by atoms with van der Waals surface area (Å²) in [4.78, 5) is 12.5. The van der Waals surface area contributed by atoms with Gasteiger partial charge in [-0.1, -0.05) is 0 Å². The number of hydrogen-bond acceptors (Lipinski definition) is 5. The zero-order valence-electron chi connectivity index (χ0n) is 7.35. The van der Waals surface area contributed by atoms with Gasteiger partial charge in [0.1, 0.15) is 11.6 Å². The van der Waals surface area contributed by atoms with Crippen LogP contribution < -0.4 is 4.74 Å². The molecule has 6 nitrogen and oxygen atoms in total. The lowest BCUT2D eigenvalue weighted by molar-refractivity contribution is -0.385. The van der Waals surface area contributed by atoms with E-state index in [1.807, 2.05) is 0 Å². The van der Waals surface area contributed by atoms with Gasteiger partial charge in [-0.15, -0.1) is 13.2 Å². The van der Waals surface area contributed by atoms with Crippen LogP contribution >= 0.6 is 0 Å². The molecule has 0 saturated heterocycles. The molecule has 16 heavy (non-hydrogen) atoms. The molecule has 9 heteroatoms. The van der Waals surface area contributed by atoms with Gasteiger partial charge >= 0.3 is 6.36 Å². The molecule has 1 heterocycles. The van der Waals surface area contributed by atoms with E-state index in [9.17, 15) is 23.3 Å². The Morgan fingerprint density at radius 1 is 1.56 bits per heavy atom. The molecule has 1 aromatic rings. The van der Waals surface area contributed by atoms with E-state index < -0.39 is 28.4 Å². The van der Waals surface area contributed by atoms with Crippen molar-refractivity contribution in [2.24, 2.45) is 0 Å². The summed E-state index contributed by atoms with van der Waals surface area (Å²) in [5.41, 5.74) is -1.24. The molecule has 0 atom stereocenters. The molecule has 0 saturated carbocycles. The molecule has 0 aliphatic carbocycles. The zero-order chi connectivity index (χ0) is 12.3. The van der Waals surface area contributed by atoms with E-state index in [-0.39, 0.29) is 0 Å². The number of nitro groups is 1. The van der Waals surface area contributed by atoms with Gasteiger partial charge in [0.25, 0.3) is 5.69 Å². The van der Waals surface area contributed by atoms with Crippen molar-refractivity contribution in [3.63, 3.8) is 0 Å². The minimum Gasteiger partial charge on any atom is -0.388 e. The third kappa shape index (κ3) is 2.81. The van der Waals surface area contributed by atoms with Crippen LogP contribution in [0.15, 0.2) is 12.3 Å². The van der Waals surface area contributed by atoms with Crippen molar-refractivity contribution in [1.82, 2.24) is 4.98 Å². The van der Waals surface area contributed by atoms with E-state index >= 15 is 0 Å². The Kier molecular flexibility index (Phi) is 2.94. The normalized spacial score (nSPS) is 10.6. The van der Waals surface area contributed by atoms with Gasteiger partial charge in [0.05, 0.1) is 17.2 Å². The first-order valence-corrected chi connectivity index (χ1v) is 3.64. The van der Waals surface area contributed by atoms with Crippen LogP contribution in [0.25, 0.3) is 0 Å². The predicted molar refractivity (Wildman–Crippen MR) is 42.3 cm³/mol. The zero-order valence-corrected chi connectivity index (χ0v) is 7.35. The van der Waals surface area contributed by atoms with Crippen LogP contribution in [-0.4, -0.2) is 16.3 Å². The molecular weight excluding hydrogens is 231 g/mol. The quantitative estimate of drug-likeness (QED) is 0.573. The van der Waals surface area contributed by atoms with Crippen LogP contribution in [0.2, 0.25) is 0 Å². The predicted octanol–water partition coefficient (Wildman–Crippen LogP) is 1.76. The first-order valence-electron chi connectivity index (χ1n) is 3.64. The largest absolute Gasteiger partial charge is 0.574 e. The third-order valence-corrected chi connectivity index (χ3v) is 1.39. The molecule has 0 unspecified atom stereocenters. The molecule has 0 N–H and O–H groups in total. The number of halogens is 3. The highest BCUT2D eigenvalue weighted by atomic mass is 19.4. The standard InChI is InChI=1S/C7H2F3N3O3/c8-7(9,10)16-6-1-5(13(14)15)4(2-11)3-12-6/h1,3H. The lowest BCUT2D eigenvalue weighted by Crippen LogP contribution is -2.18. The Balaban J connectivity index is 3.14. The van der Waals surface area contributed by atoms with Crippen molar-refractivity contribution in [2.75, 3.05) is 0 Å². The summed E-state index contributed by atoms with van der Waals surface area (Å²) in [6.07, 6.45) is -4.35. The second-order valence-corrected chi connectivity index (χ2v) is 2.46. The number of ether oxygens (including phenoxy) is 1. The van der Waals surface area contributed by atoms with E-state index in [1.165, 1.54) is 6.07 Å². The van der Waals surface area contributed by atoms with Gasteiger partial charge in [0, 0.05) is 0 Å². The average molecular weight is 233 g/mol. The van der Waals surface area contributed by atoms with Crippen molar-refractivity contribution < 1.29 is 22.8 Å². The van der Waals surface area contributed by atoms with Crippen LogP contribution in [0.4, 0.5) is 18.9 Å². The van der Waals surface area contributed by atoms with E-state index in [0.717, 1.165) is 0 Å². The maximum atomic E-state index is 11.8. The van der Waals surface area contributed by atoms with Crippen molar-refractivity contribution in [2.45, 2.75) is 6.36 Å². The minimum absolute atomic E-state index is 0.437. The summed E-state index contributed by atoms with van der Waals surface area (Å²) in [5, 5.41) is 18.8. The maximum Gasteiger partial charge on any atom is 0.574 e. The molecule has 1 rings (SSSR count). The Bertz CT molecular complexity index is 466. The average Bonchev–Trinajstić information content (AvgIpc) is 2.15. The van der Waals surface area contributed by atoms with Crippen LogP contribution in [0.5, 0.6) is 5.88 Å². The lowest BCUT2D eigenvalue weighted by Gasteiger charge is -2.07. The van der Waals surface area contributed by atoms with Gasteiger partial charge in [0.2, 0.25) is 5.88 Å². The fraction of sp³-hybridized carbons (Fsp3) is 0.143. The minimum atomic E-state index is -4.99. The van der Waals surface area contributed by atoms with Crippen molar-refractivity contribution in [3.05, 3.63) is 27.9 Å². The van der Waals surface area contributed by atoms with Gasteiger partial charge in [-0.2, -0.15) is 5.26 Å². The highest BCUT2D eigenvalue weighted by molar-refractivity contribution is 5.48. The molecule has 0 fully saturated rings. The van der Waals surface area contributed by atoms with Gasteiger partial charge in [0.15, 0.2) is 0 Å². The summed E-state index contributed by atoms with van der Waals surface area (Å²) in [6, 6.07) is 1.86. The topological polar surface area (TPSA) is 89.0 Å².